The van der Waals surface area contributed by atoms with Crippen molar-refractivity contribution in [2.45, 2.75) is 51.4 Å². The molecule has 1 saturated carbocycles. The summed E-state index contributed by atoms with van der Waals surface area (Å²) in [4.78, 5) is 12.2. The summed E-state index contributed by atoms with van der Waals surface area (Å²) in [6.45, 7) is 11.4. The van der Waals surface area contributed by atoms with E-state index in [0.29, 0.717) is 23.5 Å². The van der Waals surface area contributed by atoms with Gasteiger partial charge < -0.3 is 4.43 Å². The minimum Gasteiger partial charge on any atom is -0.410 e. The molecule has 0 aromatic carbocycles. The molecule has 0 unspecified atom stereocenters. The fourth-order valence-corrected chi connectivity index (χ4v) is 5.04. The molecule has 3 heteroatoms. The van der Waals surface area contributed by atoms with Crippen LogP contribution in [0.5, 0.6) is 0 Å². The first-order chi connectivity index (χ1) is 9.21. The van der Waals surface area contributed by atoms with Gasteiger partial charge in [-0.15, -0.1) is 0 Å². The average molecular weight is 290 g/mol. The maximum atomic E-state index is 12.2. The van der Waals surface area contributed by atoms with E-state index in [9.17, 15) is 4.79 Å². The molecule has 0 aromatic heterocycles. The molecule has 3 aliphatic rings. The lowest BCUT2D eigenvalue weighted by molar-refractivity contribution is -0.122. The number of carbonyl (C=O) groups excluding carboxylic acids is 1. The number of rotatable bonds is 2. The van der Waals surface area contributed by atoms with Gasteiger partial charge >= 0.3 is 0 Å². The Balaban J connectivity index is 1.86. The first kappa shape index (κ1) is 14.3. The molecule has 2 bridgehead atoms. The number of fused-ring (bicyclic) bond motifs is 5. The summed E-state index contributed by atoms with van der Waals surface area (Å²) in [6.07, 6.45) is 9.69. The average Bonchev–Trinajstić information content (AvgIpc) is 2.92. The van der Waals surface area contributed by atoms with Crippen molar-refractivity contribution < 1.29 is 9.22 Å². The molecular formula is C17H26O2Si. The number of hydrogen-bond donors (Lipinski definition) is 0. The molecule has 5 atom stereocenters. The molecule has 0 heterocycles. The smallest absolute Gasteiger partial charge is 0.192 e. The van der Waals surface area contributed by atoms with Gasteiger partial charge in [-0.05, 0) is 42.5 Å². The molecule has 1 fully saturated rings. The van der Waals surface area contributed by atoms with Crippen LogP contribution < -0.4 is 0 Å². The summed E-state index contributed by atoms with van der Waals surface area (Å²) < 4.78 is 6.62. The molecular weight excluding hydrogens is 264 g/mol. The molecule has 3 aliphatic carbocycles. The highest BCUT2D eigenvalue weighted by Gasteiger charge is 2.53. The maximum Gasteiger partial charge on any atom is 0.192 e. The zero-order valence-corrected chi connectivity index (χ0v) is 14.2. The zero-order valence-electron chi connectivity index (χ0n) is 13.2. The quantitative estimate of drug-likeness (QED) is 0.568. The van der Waals surface area contributed by atoms with Gasteiger partial charge in [0.05, 0.1) is 6.10 Å². The Kier molecular flexibility index (Phi) is 3.15. The Labute approximate surface area is 123 Å². The normalized spacial score (nSPS) is 39.5. The molecule has 0 spiro atoms. The van der Waals surface area contributed by atoms with Gasteiger partial charge in [0.2, 0.25) is 0 Å². The van der Waals surface area contributed by atoms with Gasteiger partial charge in [-0.1, -0.05) is 39.0 Å². The van der Waals surface area contributed by atoms with Crippen molar-refractivity contribution in [1.82, 2.24) is 0 Å². The van der Waals surface area contributed by atoms with Crippen LogP contribution >= 0.6 is 0 Å². The van der Waals surface area contributed by atoms with Crippen LogP contribution in [-0.4, -0.2) is 20.2 Å². The molecule has 2 nitrogen and oxygen atoms in total. The largest absolute Gasteiger partial charge is 0.410 e. The predicted molar refractivity (Wildman–Crippen MR) is 83.9 cm³/mol. The Morgan fingerprint density at radius 1 is 1.15 bits per heavy atom. The van der Waals surface area contributed by atoms with E-state index in [1.807, 2.05) is 6.08 Å². The minimum atomic E-state index is -1.79. The highest BCUT2D eigenvalue weighted by Crippen LogP contribution is 2.53. The second-order valence-corrected chi connectivity index (χ2v) is 12.9. The van der Waals surface area contributed by atoms with E-state index < -0.39 is 8.32 Å². The standard InChI is InChI=1S/C17H26O2Si/c1-17(2,3)20(4,5)19-14-9-8-13(18)15-11-6-7-12(10-11)16(14)15/h6-9,11-12,14-16H,10H2,1-5H3/t11-,12+,14-,15+,16-/m0/s1. The third-order valence-electron chi connectivity index (χ3n) is 5.92. The van der Waals surface area contributed by atoms with Crippen LogP contribution in [0.3, 0.4) is 0 Å². The van der Waals surface area contributed by atoms with Crippen LogP contribution in [0.1, 0.15) is 27.2 Å². The van der Waals surface area contributed by atoms with Crippen molar-refractivity contribution in [2.75, 3.05) is 0 Å². The van der Waals surface area contributed by atoms with Gasteiger partial charge in [0.1, 0.15) is 0 Å². The molecule has 20 heavy (non-hydrogen) atoms. The zero-order chi connectivity index (χ0) is 14.7. The van der Waals surface area contributed by atoms with Crippen LogP contribution in [0.15, 0.2) is 24.3 Å². The van der Waals surface area contributed by atoms with Gasteiger partial charge in [0, 0.05) is 11.8 Å². The number of ketones is 1. The highest BCUT2D eigenvalue weighted by molar-refractivity contribution is 6.74. The maximum absolute atomic E-state index is 12.2. The Hall–Kier alpha value is -0.673. The van der Waals surface area contributed by atoms with Crippen molar-refractivity contribution in [1.29, 1.82) is 0 Å². The molecule has 110 valence electrons. The fraction of sp³-hybridized carbons (Fsp3) is 0.706. The van der Waals surface area contributed by atoms with Crippen LogP contribution in [0.2, 0.25) is 18.1 Å². The van der Waals surface area contributed by atoms with Crippen LogP contribution in [0.25, 0.3) is 0 Å². The molecule has 0 saturated heterocycles. The van der Waals surface area contributed by atoms with E-state index in [4.69, 9.17) is 4.43 Å². The lowest BCUT2D eigenvalue weighted by Gasteiger charge is -2.43. The second kappa shape index (κ2) is 4.41. The van der Waals surface area contributed by atoms with Crippen molar-refractivity contribution in [3.8, 4) is 0 Å². The van der Waals surface area contributed by atoms with Crippen molar-refractivity contribution in [3.05, 3.63) is 24.3 Å². The second-order valence-electron chi connectivity index (χ2n) is 8.16. The van der Waals surface area contributed by atoms with Gasteiger partial charge in [0.25, 0.3) is 0 Å². The third-order valence-corrected chi connectivity index (χ3v) is 10.4. The summed E-state index contributed by atoms with van der Waals surface area (Å²) in [5, 5.41) is 0.214. The van der Waals surface area contributed by atoms with E-state index >= 15 is 0 Å². The van der Waals surface area contributed by atoms with E-state index in [1.54, 1.807) is 6.08 Å². The monoisotopic (exact) mass is 290 g/mol. The Bertz CT molecular complexity index is 484. The Morgan fingerprint density at radius 2 is 1.80 bits per heavy atom. The van der Waals surface area contributed by atoms with Crippen molar-refractivity contribution in [2.24, 2.45) is 23.7 Å². The van der Waals surface area contributed by atoms with Crippen LogP contribution in [0.4, 0.5) is 0 Å². The van der Waals surface area contributed by atoms with Gasteiger partial charge in [-0.2, -0.15) is 0 Å². The van der Waals surface area contributed by atoms with Crippen LogP contribution in [-0.2, 0) is 9.22 Å². The van der Waals surface area contributed by atoms with E-state index in [0.717, 1.165) is 6.42 Å². The molecule has 0 radical (unpaired) electrons. The summed E-state index contributed by atoms with van der Waals surface area (Å²) in [5.74, 6) is 1.91. The number of allylic oxidation sites excluding steroid dienone is 3. The summed E-state index contributed by atoms with van der Waals surface area (Å²) in [7, 11) is -1.79. The van der Waals surface area contributed by atoms with E-state index in [2.05, 4.69) is 46.0 Å². The molecule has 3 rings (SSSR count). The lowest BCUT2D eigenvalue weighted by atomic mass is 9.74. The number of carbonyl (C=O) groups is 1. The Morgan fingerprint density at radius 3 is 2.45 bits per heavy atom. The molecule has 0 aromatic rings. The van der Waals surface area contributed by atoms with Gasteiger partial charge in [0.15, 0.2) is 14.1 Å². The van der Waals surface area contributed by atoms with E-state index in [-0.39, 0.29) is 17.1 Å². The lowest BCUT2D eigenvalue weighted by Crippen LogP contribution is -2.48. The minimum absolute atomic E-state index is 0.138. The molecule has 0 amide bonds. The highest BCUT2D eigenvalue weighted by atomic mass is 28.4. The summed E-state index contributed by atoms with van der Waals surface area (Å²) >= 11 is 0. The van der Waals surface area contributed by atoms with Crippen LogP contribution in [0, 0.1) is 23.7 Å². The third kappa shape index (κ3) is 2.06. The van der Waals surface area contributed by atoms with E-state index in [1.165, 1.54) is 0 Å². The van der Waals surface area contributed by atoms with Crippen molar-refractivity contribution in [3.63, 3.8) is 0 Å². The van der Waals surface area contributed by atoms with Crippen molar-refractivity contribution >= 4 is 14.1 Å². The predicted octanol–water partition coefficient (Wildman–Crippen LogP) is 3.95. The fourth-order valence-electron chi connectivity index (χ4n) is 3.77. The summed E-state index contributed by atoms with van der Waals surface area (Å²) in [6, 6.07) is 0. The first-order valence-corrected chi connectivity index (χ1v) is 10.7. The number of hydrogen-bond acceptors (Lipinski definition) is 2. The first-order valence-electron chi connectivity index (χ1n) is 7.79. The van der Waals surface area contributed by atoms with Gasteiger partial charge in [-0.25, -0.2) is 0 Å². The topological polar surface area (TPSA) is 26.3 Å². The SMILES string of the molecule is CC(C)(C)[Si](C)(C)O[C@H]1C=CC(=O)[C@@H]2[C@H]1[C@@H]1C=C[C@H]2C1. The van der Waals surface area contributed by atoms with Gasteiger partial charge in [-0.3, -0.25) is 4.79 Å². The summed E-state index contributed by atoms with van der Waals surface area (Å²) in [5.41, 5.74) is 0. The molecule has 0 N–H and O–H groups in total. The molecule has 0 aliphatic heterocycles.